The molecular formula is C5H9O4S-. The second-order valence-electron chi connectivity index (χ2n) is 1.86. The Morgan fingerprint density at radius 2 is 2.10 bits per heavy atom. The van der Waals surface area contributed by atoms with E-state index in [1.807, 2.05) is 0 Å². The fraction of sp³-hybridized carbons (Fsp3) is 0.800. The fourth-order valence-corrected chi connectivity index (χ4v) is 0.936. The Kier molecular flexibility index (Phi) is 5.15. The van der Waals surface area contributed by atoms with Gasteiger partial charge in [0, 0.05) is 12.2 Å². The van der Waals surface area contributed by atoms with E-state index in [9.17, 15) is 13.6 Å². The molecule has 10 heavy (non-hydrogen) atoms. The average Bonchev–Trinajstić information content (AvgIpc) is 1.79. The maximum Gasteiger partial charge on any atom is 0.303 e. The summed E-state index contributed by atoms with van der Waals surface area (Å²) in [6, 6.07) is 0. The fourth-order valence-electron chi connectivity index (χ4n) is 0.496. The minimum Gasteiger partial charge on any atom is -0.772 e. The molecule has 5 heteroatoms. The van der Waals surface area contributed by atoms with E-state index in [0.29, 0.717) is 12.8 Å². The summed E-state index contributed by atoms with van der Waals surface area (Å²) in [6.45, 7) is 0. The van der Waals surface area contributed by atoms with Gasteiger partial charge < -0.3 is 9.66 Å². The van der Waals surface area contributed by atoms with Crippen LogP contribution in [0, 0.1) is 0 Å². The maximum absolute atomic E-state index is 9.90. The van der Waals surface area contributed by atoms with Gasteiger partial charge in [-0.25, -0.2) is 0 Å². The van der Waals surface area contributed by atoms with Crippen molar-refractivity contribution in [1.29, 1.82) is 0 Å². The third-order valence-corrected chi connectivity index (χ3v) is 1.57. The zero-order chi connectivity index (χ0) is 7.98. The molecule has 0 aromatic heterocycles. The Hall–Kier alpha value is -0.420. The van der Waals surface area contributed by atoms with E-state index in [2.05, 4.69) is 0 Å². The Morgan fingerprint density at radius 3 is 2.50 bits per heavy atom. The highest BCUT2D eigenvalue weighted by Crippen LogP contribution is 1.95. The summed E-state index contributed by atoms with van der Waals surface area (Å²) in [4.78, 5) is 9.89. The predicted molar refractivity (Wildman–Crippen MR) is 35.3 cm³/mol. The Bertz CT molecular complexity index is 118. The van der Waals surface area contributed by atoms with E-state index in [0.717, 1.165) is 0 Å². The van der Waals surface area contributed by atoms with Gasteiger partial charge in [-0.15, -0.1) is 0 Å². The van der Waals surface area contributed by atoms with Crippen molar-refractivity contribution >= 4 is 17.0 Å². The van der Waals surface area contributed by atoms with E-state index in [1.54, 1.807) is 0 Å². The zero-order valence-electron chi connectivity index (χ0n) is 5.41. The monoisotopic (exact) mass is 165 g/mol. The SMILES string of the molecule is O=C(O)CCCCS(=O)[O-]. The summed E-state index contributed by atoms with van der Waals surface area (Å²) in [5.41, 5.74) is 0. The standard InChI is InChI=1S/C5H10O4S/c6-5(7)3-1-2-4-10(8)9/h1-4H2,(H,6,7)(H,8,9)/p-1. The van der Waals surface area contributed by atoms with Gasteiger partial charge in [-0.2, -0.15) is 0 Å². The quantitative estimate of drug-likeness (QED) is 0.463. The van der Waals surface area contributed by atoms with Gasteiger partial charge in [0.15, 0.2) is 0 Å². The van der Waals surface area contributed by atoms with Gasteiger partial charge in [0.05, 0.1) is 0 Å². The molecule has 1 atom stereocenters. The normalized spacial score (nSPS) is 12.9. The van der Waals surface area contributed by atoms with Crippen molar-refractivity contribution in [1.82, 2.24) is 0 Å². The molecule has 0 spiro atoms. The van der Waals surface area contributed by atoms with Crippen molar-refractivity contribution in [2.75, 3.05) is 5.75 Å². The van der Waals surface area contributed by atoms with Crippen molar-refractivity contribution in [2.45, 2.75) is 19.3 Å². The lowest BCUT2D eigenvalue weighted by molar-refractivity contribution is -0.137. The summed E-state index contributed by atoms with van der Waals surface area (Å²) >= 11 is -2.02. The van der Waals surface area contributed by atoms with Crippen molar-refractivity contribution < 1.29 is 18.7 Å². The molecule has 0 heterocycles. The van der Waals surface area contributed by atoms with Crippen LogP contribution in [-0.4, -0.2) is 25.6 Å². The van der Waals surface area contributed by atoms with E-state index >= 15 is 0 Å². The molecule has 0 radical (unpaired) electrons. The molecule has 0 aliphatic rings. The largest absolute Gasteiger partial charge is 0.772 e. The summed E-state index contributed by atoms with van der Waals surface area (Å²) in [6.07, 6.45) is 0.920. The molecule has 0 fully saturated rings. The number of aliphatic carboxylic acids is 1. The first kappa shape index (κ1) is 9.58. The van der Waals surface area contributed by atoms with Crippen molar-refractivity contribution in [3.8, 4) is 0 Å². The van der Waals surface area contributed by atoms with Crippen LogP contribution in [-0.2, 0) is 15.9 Å². The minimum absolute atomic E-state index is 0.0528. The number of rotatable bonds is 5. The van der Waals surface area contributed by atoms with Crippen LogP contribution < -0.4 is 0 Å². The average molecular weight is 165 g/mol. The molecule has 0 amide bonds. The van der Waals surface area contributed by atoms with Crippen molar-refractivity contribution in [2.24, 2.45) is 0 Å². The lowest BCUT2D eigenvalue weighted by atomic mass is 10.3. The van der Waals surface area contributed by atoms with Gasteiger partial charge in [-0.05, 0) is 12.8 Å². The second kappa shape index (κ2) is 5.37. The summed E-state index contributed by atoms with van der Waals surface area (Å²) < 4.78 is 19.8. The van der Waals surface area contributed by atoms with Crippen LogP contribution in [0.5, 0.6) is 0 Å². The minimum atomic E-state index is -2.02. The Labute approximate surface area is 61.5 Å². The van der Waals surface area contributed by atoms with E-state index in [-0.39, 0.29) is 12.2 Å². The van der Waals surface area contributed by atoms with Gasteiger partial charge in [0.25, 0.3) is 0 Å². The van der Waals surface area contributed by atoms with Crippen molar-refractivity contribution in [3.05, 3.63) is 0 Å². The first-order chi connectivity index (χ1) is 4.63. The van der Waals surface area contributed by atoms with E-state index in [1.165, 1.54) is 0 Å². The summed E-state index contributed by atoms with van der Waals surface area (Å²) in [7, 11) is 0. The van der Waals surface area contributed by atoms with Crippen molar-refractivity contribution in [3.63, 3.8) is 0 Å². The highest BCUT2D eigenvalue weighted by atomic mass is 32.2. The van der Waals surface area contributed by atoms with Gasteiger partial charge in [-0.1, -0.05) is 11.1 Å². The molecule has 0 aromatic rings. The van der Waals surface area contributed by atoms with Crippen LogP contribution in [0.15, 0.2) is 0 Å². The lowest BCUT2D eigenvalue weighted by Gasteiger charge is -2.01. The van der Waals surface area contributed by atoms with Crippen LogP contribution in [0.2, 0.25) is 0 Å². The number of carboxylic acid groups (broad SMARTS) is 1. The molecule has 0 saturated heterocycles. The molecule has 0 aliphatic carbocycles. The molecule has 4 nitrogen and oxygen atoms in total. The molecule has 0 rings (SSSR count). The molecule has 60 valence electrons. The van der Waals surface area contributed by atoms with Crippen LogP contribution >= 0.6 is 0 Å². The maximum atomic E-state index is 9.90. The molecule has 1 N–H and O–H groups in total. The molecule has 0 aromatic carbocycles. The number of carbonyl (C=O) groups is 1. The Balaban J connectivity index is 3.06. The summed E-state index contributed by atoms with van der Waals surface area (Å²) in [5, 5.41) is 8.12. The number of carboxylic acids is 1. The predicted octanol–water partition coefficient (Wildman–Crippen LogP) is 0.120. The molecule has 0 saturated carbocycles. The molecule has 0 aliphatic heterocycles. The van der Waals surface area contributed by atoms with Crippen LogP contribution in [0.3, 0.4) is 0 Å². The zero-order valence-corrected chi connectivity index (χ0v) is 6.23. The van der Waals surface area contributed by atoms with Gasteiger partial charge in [0.2, 0.25) is 0 Å². The van der Waals surface area contributed by atoms with Crippen LogP contribution in [0.1, 0.15) is 19.3 Å². The number of hydrogen-bond donors (Lipinski definition) is 1. The second-order valence-corrected chi connectivity index (χ2v) is 2.87. The van der Waals surface area contributed by atoms with Crippen LogP contribution in [0.25, 0.3) is 0 Å². The van der Waals surface area contributed by atoms with E-state index < -0.39 is 17.0 Å². The molecular weight excluding hydrogens is 156 g/mol. The lowest BCUT2D eigenvalue weighted by Crippen LogP contribution is -1.98. The Morgan fingerprint density at radius 1 is 1.50 bits per heavy atom. The van der Waals surface area contributed by atoms with Gasteiger partial charge in [0.1, 0.15) is 0 Å². The highest BCUT2D eigenvalue weighted by Gasteiger charge is 1.95. The summed E-state index contributed by atoms with van der Waals surface area (Å²) in [5.74, 6) is -0.815. The highest BCUT2D eigenvalue weighted by molar-refractivity contribution is 7.79. The molecule has 1 unspecified atom stereocenters. The third-order valence-electron chi connectivity index (χ3n) is 0.952. The molecule has 0 bridgehead atoms. The topological polar surface area (TPSA) is 77.4 Å². The van der Waals surface area contributed by atoms with Gasteiger partial charge >= 0.3 is 5.97 Å². The third kappa shape index (κ3) is 7.58. The number of unbranched alkanes of at least 4 members (excludes halogenated alkanes) is 1. The smallest absolute Gasteiger partial charge is 0.303 e. The van der Waals surface area contributed by atoms with Crippen LogP contribution in [0.4, 0.5) is 0 Å². The first-order valence-electron chi connectivity index (χ1n) is 2.90. The van der Waals surface area contributed by atoms with E-state index in [4.69, 9.17) is 5.11 Å². The van der Waals surface area contributed by atoms with Gasteiger partial charge in [-0.3, -0.25) is 9.00 Å². The first-order valence-corrected chi connectivity index (χ1v) is 4.15. The number of hydrogen-bond acceptors (Lipinski definition) is 3.